The number of rotatable bonds is 4. The number of hydrogen-bond donors (Lipinski definition) is 1. The Morgan fingerprint density at radius 1 is 1.00 bits per heavy atom. The van der Waals surface area contributed by atoms with Crippen LogP contribution in [0.1, 0.15) is 27.5 Å². The first-order valence-corrected chi connectivity index (χ1v) is 6.62. The highest BCUT2D eigenvalue weighted by atomic mass is 16.5. The standard InChI is InChI=1S/C17H17NO3/c1-12-8-6-7-11-14(12)16(19)18-15(17(20)21-2)13-9-4-3-5-10-13/h3-11,15H,1-2H3,(H,18,19). The van der Waals surface area contributed by atoms with Crippen LogP contribution in [0.5, 0.6) is 0 Å². The number of ether oxygens (including phenoxy) is 1. The SMILES string of the molecule is COC(=O)C(NC(=O)c1ccccc1C)c1ccccc1. The van der Waals surface area contributed by atoms with Crippen molar-refractivity contribution in [3.8, 4) is 0 Å². The highest BCUT2D eigenvalue weighted by molar-refractivity contribution is 5.98. The van der Waals surface area contributed by atoms with Crippen LogP contribution in [0.15, 0.2) is 54.6 Å². The first kappa shape index (κ1) is 14.8. The van der Waals surface area contributed by atoms with Gasteiger partial charge in [-0.15, -0.1) is 0 Å². The molecular weight excluding hydrogens is 266 g/mol. The number of hydrogen-bond acceptors (Lipinski definition) is 3. The molecule has 2 aromatic carbocycles. The van der Waals surface area contributed by atoms with Gasteiger partial charge in [0.05, 0.1) is 7.11 Å². The summed E-state index contributed by atoms with van der Waals surface area (Å²) in [4.78, 5) is 24.3. The number of amides is 1. The Morgan fingerprint density at radius 3 is 2.24 bits per heavy atom. The van der Waals surface area contributed by atoms with Gasteiger partial charge in [-0.05, 0) is 24.1 Å². The molecular formula is C17H17NO3. The Labute approximate surface area is 123 Å². The molecule has 1 N–H and O–H groups in total. The minimum absolute atomic E-state index is 0.299. The zero-order chi connectivity index (χ0) is 15.2. The summed E-state index contributed by atoms with van der Waals surface area (Å²) in [6.45, 7) is 1.85. The zero-order valence-electron chi connectivity index (χ0n) is 12.0. The molecule has 0 aliphatic carbocycles. The third-order valence-corrected chi connectivity index (χ3v) is 3.23. The third kappa shape index (κ3) is 3.48. The van der Waals surface area contributed by atoms with Crippen molar-refractivity contribution in [1.82, 2.24) is 5.32 Å². The van der Waals surface area contributed by atoms with Crippen LogP contribution in [0.3, 0.4) is 0 Å². The molecule has 0 aliphatic rings. The van der Waals surface area contributed by atoms with E-state index in [0.29, 0.717) is 11.1 Å². The highest BCUT2D eigenvalue weighted by Crippen LogP contribution is 2.16. The minimum Gasteiger partial charge on any atom is -0.467 e. The van der Waals surface area contributed by atoms with Crippen molar-refractivity contribution in [3.63, 3.8) is 0 Å². The number of methoxy groups -OCH3 is 1. The van der Waals surface area contributed by atoms with E-state index in [1.165, 1.54) is 7.11 Å². The van der Waals surface area contributed by atoms with Crippen LogP contribution in [0.2, 0.25) is 0 Å². The Hall–Kier alpha value is -2.62. The van der Waals surface area contributed by atoms with E-state index in [9.17, 15) is 9.59 Å². The lowest BCUT2D eigenvalue weighted by molar-refractivity contribution is -0.143. The fourth-order valence-electron chi connectivity index (χ4n) is 2.08. The molecule has 0 aliphatic heterocycles. The summed E-state index contributed by atoms with van der Waals surface area (Å²) in [7, 11) is 1.30. The first-order chi connectivity index (χ1) is 10.1. The molecule has 1 atom stereocenters. The first-order valence-electron chi connectivity index (χ1n) is 6.62. The van der Waals surface area contributed by atoms with Crippen LogP contribution >= 0.6 is 0 Å². The molecule has 2 rings (SSSR count). The van der Waals surface area contributed by atoms with Crippen molar-refractivity contribution < 1.29 is 14.3 Å². The second kappa shape index (κ2) is 6.70. The molecule has 0 saturated heterocycles. The van der Waals surface area contributed by atoms with Gasteiger partial charge in [-0.2, -0.15) is 0 Å². The van der Waals surface area contributed by atoms with Crippen LogP contribution in [-0.4, -0.2) is 19.0 Å². The van der Waals surface area contributed by atoms with Gasteiger partial charge in [0.1, 0.15) is 0 Å². The third-order valence-electron chi connectivity index (χ3n) is 3.23. The molecule has 21 heavy (non-hydrogen) atoms. The van der Waals surface area contributed by atoms with Gasteiger partial charge in [0.2, 0.25) is 0 Å². The molecule has 0 spiro atoms. The minimum atomic E-state index is -0.816. The van der Waals surface area contributed by atoms with Crippen molar-refractivity contribution in [2.45, 2.75) is 13.0 Å². The fourth-order valence-corrected chi connectivity index (χ4v) is 2.08. The van der Waals surface area contributed by atoms with Crippen molar-refractivity contribution in [2.24, 2.45) is 0 Å². The monoisotopic (exact) mass is 283 g/mol. The Morgan fingerprint density at radius 2 is 1.62 bits per heavy atom. The van der Waals surface area contributed by atoms with Crippen LogP contribution in [-0.2, 0) is 9.53 Å². The lowest BCUT2D eigenvalue weighted by Crippen LogP contribution is -2.34. The average molecular weight is 283 g/mol. The Kier molecular flexibility index (Phi) is 4.72. The topological polar surface area (TPSA) is 55.4 Å². The van der Waals surface area contributed by atoms with Gasteiger partial charge in [0.25, 0.3) is 5.91 Å². The molecule has 0 bridgehead atoms. The lowest BCUT2D eigenvalue weighted by atomic mass is 10.0. The molecule has 108 valence electrons. The normalized spacial score (nSPS) is 11.5. The predicted octanol–water partition coefficient (Wildman–Crippen LogP) is 2.64. The van der Waals surface area contributed by atoms with Gasteiger partial charge < -0.3 is 10.1 Å². The van der Waals surface area contributed by atoms with Crippen LogP contribution in [0.4, 0.5) is 0 Å². The molecule has 0 radical (unpaired) electrons. The molecule has 0 aromatic heterocycles. The lowest BCUT2D eigenvalue weighted by Gasteiger charge is -2.17. The van der Waals surface area contributed by atoms with E-state index in [-0.39, 0.29) is 5.91 Å². The maximum atomic E-state index is 12.4. The van der Waals surface area contributed by atoms with Crippen LogP contribution in [0.25, 0.3) is 0 Å². The molecule has 0 saturated carbocycles. The van der Waals surface area contributed by atoms with Gasteiger partial charge in [-0.25, -0.2) is 4.79 Å². The van der Waals surface area contributed by atoms with Crippen LogP contribution < -0.4 is 5.32 Å². The van der Waals surface area contributed by atoms with Crippen molar-refractivity contribution in [2.75, 3.05) is 7.11 Å². The number of aryl methyl sites for hydroxylation is 1. The second-order valence-corrected chi connectivity index (χ2v) is 4.66. The van der Waals surface area contributed by atoms with Crippen molar-refractivity contribution in [3.05, 3.63) is 71.3 Å². The average Bonchev–Trinajstić information content (AvgIpc) is 2.53. The van der Waals surface area contributed by atoms with Crippen molar-refractivity contribution >= 4 is 11.9 Å². The molecule has 4 heteroatoms. The van der Waals surface area contributed by atoms with Crippen LogP contribution in [0, 0.1) is 6.92 Å². The van der Waals surface area contributed by atoms with E-state index in [1.807, 2.05) is 37.3 Å². The van der Waals surface area contributed by atoms with Gasteiger partial charge in [0.15, 0.2) is 6.04 Å². The summed E-state index contributed by atoms with van der Waals surface area (Å²) in [6.07, 6.45) is 0. The Bertz CT molecular complexity index is 637. The molecule has 1 unspecified atom stereocenters. The van der Waals surface area contributed by atoms with Gasteiger partial charge in [-0.1, -0.05) is 48.5 Å². The molecule has 0 fully saturated rings. The smallest absolute Gasteiger partial charge is 0.333 e. The quantitative estimate of drug-likeness (QED) is 0.878. The second-order valence-electron chi connectivity index (χ2n) is 4.66. The van der Waals surface area contributed by atoms with E-state index in [2.05, 4.69) is 5.32 Å². The van der Waals surface area contributed by atoms with E-state index >= 15 is 0 Å². The number of benzene rings is 2. The van der Waals surface area contributed by atoms with Gasteiger partial charge >= 0.3 is 5.97 Å². The summed E-state index contributed by atoms with van der Waals surface area (Å²) in [6, 6.07) is 15.4. The predicted molar refractivity (Wildman–Crippen MR) is 79.8 cm³/mol. The number of carbonyl (C=O) groups excluding carboxylic acids is 2. The maximum absolute atomic E-state index is 12.4. The largest absolute Gasteiger partial charge is 0.467 e. The zero-order valence-corrected chi connectivity index (χ0v) is 12.0. The van der Waals surface area contributed by atoms with Gasteiger partial charge in [0, 0.05) is 5.56 Å². The summed E-state index contributed by atoms with van der Waals surface area (Å²) in [5, 5.41) is 2.73. The Balaban J connectivity index is 2.26. The summed E-state index contributed by atoms with van der Waals surface area (Å²) >= 11 is 0. The summed E-state index contributed by atoms with van der Waals surface area (Å²) in [5.74, 6) is -0.796. The van der Waals surface area contributed by atoms with E-state index in [1.54, 1.807) is 24.3 Å². The fraction of sp³-hybridized carbons (Fsp3) is 0.176. The van der Waals surface area contributed by atoms with E-state index in [4.69, 9.17) is 4.74 Å². The summed E-state index contributed by atoms with van der Waals surface area (Å²) < 4.78 is 4.78. The van der Waals surface area contributed by atoms with Crippen molar-refractivity contribution in [1.29, 1.82) is 0 Å². The molecule has 1 amide bonds. The molecule has 0 heterocycles. The number of esters is 1. The van der Waals surface area contributed by atoms with Gasteiger partial charge in [-0.3, -0.25) is 4.79 Å². The van der Waals surface area contributed by atoms with E-state index in [0.717, 1.165) is 5.56 Å². The highest BCUT2D eigenvalue weighted by Gasteiger charge is 2.24. The summed E-state index contributed by atoms with van der Waals surface area (Å²) in [5.41, 5.74) is 2.08. The maximum Gasteiger partial charge on any atom is 0.333 e. The number of nitrogens with one attached hydrogen (secondary N) is 1. The molecule has 4 nitrogen and oxygen atoms in total. The number of carbonyl (C=O) groups is 2. The van der Waals surface area contributed by atoms with E-state index < -0.39 is 12.0 Å². The molecule has 2 aromatic rings.